The van der Waals surface area contributed by atoms with Gasteiger partial charge >= 0.3 is 5.76 Å². The molecule has 0 aliphatic heterocycles. The first kappa shape index (κ1) is 12.4. The Bertz CT molecular complexity index is 633. The molecule has 1 aromatic heterocycles. The van der Waals surface area contributed by atoms with Gasteiger partial charge in [0.15, 0.2) is 5.58 Å². The monoisotopic (exact) mass is 263 g/mol. The molecule has 102 valence electrons. The first-order valence-electron chi connectivity index (χ1n) is 6.48. The summed E-state index contributed by atoms with van der Waals surface area (Å²) in [6, 6.07) is 5.26. The molecule has 0 radical (unpaired) electrons. The number of hydrogen-bond acceptors (Lipinski definition) is 4. The fourth-order valence-corrected chi connectivity index (χ4v) is 2.70. The largest absolute Gasteiger partial charge is 0.417 e. The number of fused-ring (bicyclic) bond motifs is 1. The number of aromatic nitrogens is 1. The summed E-state index contributed by atoms with van der Waals surface area (Å²) in [6.07, 6.45) is 3.09. The van der Waals surface area contributed by atoms with Crippen LogP contribution in [0.3, 0.4) is 0 Å². The van der Waals surface area contributed by atoms with Gasteiger partial charge in [-0.25, -0.2) is 4.79 Å². The maximum absolute atomic E-state index is 11.1. The van der Waals surface area contributed by atoms with E-state index < -0.39 is 11.9 Å². The maximum Gasteiger partial charge on any atom is 0.417 e. The zero-order valence-corrected chi connectivity index (χ0v) is 10.8. The second kappa shape index (κ2) is 4.51. The van der Waals surface area contributed by atoms with Crippen molar-refractivity contribution in [3.63, 3.8) is 0 Å². The Morgan fingerprint density at radius 3 is 2.95 bits per heavy atom. The standard InChI is InChI=1S/C14H17NO4/c1-18-14(5-2-6-14)8-11(16)9-3-4-10-12(7-9)19-13(17)15-10/h3-4,7,11,16H,2,5-6,8H2,1H3,(H,15,17). The van der Waals surface area contributed by atoms with Gasteiger partial charge in [0.05, 0.1) is 17.2 Å². The van der Waals surface area contributed by atoms with Crippen molar-refractivity contribution < 1.29 is 14.3 Å². The molecule has 1 saturated carbocycles. The number of nitrogens with one attached hydrogen (secondary N) is 1. The Morgan fingerprint density at radius 2 is 2.32 bits per heavy atom. The Balaban J connectivity index is 1.84. The van der Waals surface area contributed by atoms with Crippen LogP contribution in [0, 0.1) is 0 Å². The number of rotatable bonds is 4. The summed E-state index contributed by atoms with van der Waals surface area (Å²) in [5, 5.41) is 10.3. The van der Waals surface area contributed by atoms with E-state index >= 15 is 0 Å². The molecular formula is C14H17NO4. The van der Waals surface area contributed by atoms with Gasteiger partial charge in [-0.05, 0) is 37.0 Å². The van der Waals surface area contributed by atoms with E-state index in [9.17, 15) is 9.90 Å². The molecule has 0 bridgehead atoms. The highest BCUT2D eigenvalue weighted by molar-refractivity contribution is 5.72. The lowest BCUT2D eigenvalue weighted by Crippen LogP contribution is -2.40. The van der Waals surface area contributed by atoms with Gasteiger partial charge in [0.2, 0.25) is 0 Å². The van der Waals surface area contributed by atoms with Crippen molar-refractivity contribution in [2.24, 2.45) is 0 Å². The third kappa shape index (κ3) is 2.19. The van der Waals surface area contributed by atoms with Crippen LogP contribution in [0.15, 0.2) is 27.4 Å². The Labute approximate surface area is 110 Å². The van der Waals surface area contributed by atoms with Crippen LogP contribution in [-0.2, 0) is 4.74 Å². The third-order valence-corrected chi connectivity index (χ3v) is 4.09. The Hall–Kier alpha value is -1.59. The SMILES string of the molecule is COC1(CC(O)c2ccc3[nH]c(=O)oc3c2)CCC1. The second-order valence-electron chi connectivity index (χ2n) is 5.23. The van der Waals surface area contributed by atoms with E-state index in [0.717, 1.165) is 24.8 Å². The lowest BCUT2D eigenvalue weighted by Gasteiger charge is -2.41. The van der Waals surface area contributed by atoms with E-state index in [2.05, 4.69) is 4.98 Å². The van der Waals surface area contributed by atoms with Gasteiger partial charge in [-0.15, -0.1) is 0 Å². The molecule has 0 saturated heterocycles. The molecule has 19 heavy (non-hydrogen) atoms. The molecule has 1 aromatic carbocycles. The van der Waals surface area contributed by atoms with Crippen LogP contribution in [0.25, 0.3) is 11.1 Å². The van der Waals surface area contributed by atoms with Crippen LogP contribution >= 0.6 is 0 Å². The number of oxazole rings is 1. The van der Waals surface area contributed by atoms with Crippen molar-refractivity contribution in [3.8, 4) is 0 Å². The summed E-state index contributed by atoms with van der Waals surface area (Å²) in [4.78, 5) is 13.7. The smallest absolute Gasteiger partial charge is 0.408 e. The number of aliphatic hydroxyl groups excluding tert-OH is 1. The van der Waals surface area contributed by atoms with E-state index in [0.29, 0.717) is 17.5 Å². The van der Waals surface area contributed by atoms with E-state index in [1.54, 1.807) is 25.3 Å². The summed E-state index contributed by atoms with van der Waals surface area (Å²) in [7, 11) is 1.69. The summed E-state index contributed by atoms with van der Waals surface area (Å²) < 4.78 is 10.5. The molecule has 1 aliphatic carbocycles. The highest BCUT2D eigenvalue weighted by atomic mass is 16.5. The Kier molecular flexibility index (Phi) is 2.95. The lowest BCUT2D eigenvalue weighted by atomic mass is 9.75. The van der Waals surface area contributed by atoms with E-state index in [1.165, 1.54) is 0 Å². The number of aromatic amines is 1. The lowest BCUT2D eigenvalue weighted by molar-refractivity contribution is -0.0999. The topological polar surface area (TPSA) is 75.5 Å². The molecule has 1 atom stereocenters. The second-order valence-corrected chi connectivity index (χ2v) is 5.23. The average Bonchev–Trinajstić information content (AvgIpc) is 2.72. The molecule has 1 fully saturated rings. The van der Waals surface area contributed by atoms with Crippen LogP contribution < -0.4 is 5.76 Å². The zero-order valence-electron chi connectivity index (χ0n) is 10.8. The fraction of sp³-hybridized carbons (Fsp3) is 0.500. The van der Waals surface area contributed by atoms with E-state index in [-0.39, 0.29) is 5.60 Å². The molecule has 0 spiro atoms. The highest BCUT2D eigenvalue weighted by Gasteiger charge is 2.39. The molecule has 0 amide bonds. The fourth-order valence-electron chi connectivity index (χ4n) is 2.70. The normalized spacial score (nSPS) is 19.3. The molecular weight excluding hydrogens is 246 g/mol. The summed E-state index contributed by atoms with van der Waals surface area (Å²) in [5.74, 6) is -0.478. The van der Waals surface area contributed by atoms with Crippen molar-refractivity contribution >= 4 is 11.1 Å². The number of H-pyrrole nitrogens is 1. The summed E-state index contributed by atoms with van der Waals surface area (Å²) in [5.41, 5.74) is 1.68. The Morgan fingerprint density at radius 1 is 1.53 bits per heavy atom. The number of aliphatic hydroxyl groups is 1. The van der Waals surface area contributed by atoms with Crippen LogP contribution in [-0.4, -0.2) is 22.8 Å². The van der Waals surface area contributed by atoms with Gasteiger partial charge < -0.3 is 14.3 Å². The van der Waals surface area contributed by atoms with Crippen molar-refractivity contribution in [2.75, 3.05) is 7.11 Å². The molecule has 2 N–H and O–H groups in total. The summed E-state index contributed by atoms with van der Waals surface area (Å²) in [6.45, 7) is 0. The summed E-state index contributed by atoms with van der Waals surface area (Å²) >= 11 is 0. The van der Waals surface area contributed by atoms with Gasteiger partial charge in [-0.3, -0.25) is 4.98 Å². The quantitative estimate of drug-likeness (QED) is 0.885. The minimum Gasteiger partial charge on any atom is -0.408 e. The first-order valence-corrected chi connectivity index (χ1v) is 6.48. The predicted molar refractivity (Wildman–Crippen MR) is 70.0 cm³/mol. The van der Waals surface area contributed by atoms with Gasteiger partial charge in [0.1, 0.15) is 0 Å². The third-order valence-electron chi connectivity index (χ3n) is 4.09. The zero-order chi connectivity index (χ0) is 13.5. The average molecular weight is 263 g/mol. The number of methoxy groups -OCH3 is 1. The van der Waals surface area contributed by atoms with Gasteiger partial charge in [-0.1, -0.05) is 6.07 Å². The van der Waals surface area contributed by atoms with Crippen LogP contribution in [0.4, 0.5) is 0 Å². The van der Waals surface area contributed by atoms with Crippen molar-refractivity contribution in [3.05, 3.63) is 34.3 Å². The highest BCUT2D eigenvalue weighted by Crippen LogP contribution is 2.41. The number of ether oxygens (including phenoxy) is 1. The molecule has 1 aliphatic rings. The maximum atomic E-state index is 11.1. The van der Waals surface area contributed by atoms with E-state index in [4.69, 9.17) is 9.15 Å². The van der Waals surface area contributed by atoms with E-state index in [1.807, 2.05) is 0 Å². The van der Waals surface area contributed by atoms with Crippen molar-refractivity contribution in [1.29, 1.82) is 0 Å². The van der Waals surface area contributed by atoms with Gasteiger partial charge in [-0.2, -0.15) is 0 Å². The molecule has 3 rings (SSSR count). The first-order chi connectivity index (χ1) is 9.12. The van der Waals surface area contributed by atoms with Crippen LogP contribution in [0.1, 0.15) is 37.4 Å². The van der Waals surface area contributed by atoms with Crippen LogP contribution in [0.5, 0.6) is 0 Å². The van der Waals surface area contributed by atoms with Gasteiger partial charge in [0.25, 0.3) is 0 Å². The van der Waals surface area contributed by atoms with Crippen LogP contribution in [0.2, 0.25) is 0 Å². The molecule has 1 heterocycles. The number of benzene rings is 1. The van der Waals surface area contributed by atoms with Gasteiger partial charge in [0, 0.05) is 13.5 Å². The molecule has 2 aromatic rings. The molecule has 5 nitrogen and oxygen atoms in total. The molecule has 5 heteroatoms. The van der Waals surface area contributed by atoms with Crippen molar-refractivity contribution in [1.82, 2.24) is 4.98 Å². The molecule has 1 unspecified atom stereocenters. The number of hydrogen-bond donors (Lipinski definition) is 2. The van der Waals surface area contributed by atoms with Crippen molar-refractivity contribution in [2.45, 2.75) is 37.4 Å². The minimum absolute atomic E-state index is 0.187. The predicted octanol–water partition coefficient (Wildman–Crippen LogP) is 2.11. The minimum atomic E-state index is -0.607.